The number of hydrogen-bond acceptors (Lipinski definition) is 2. The van der Waals surface area contributed by atoms with E-state index in [0.29, 0.717) is 6.10 Å². The molecule has 1 heterocycles. The Morgan fingerprint density at radius 1 is 1.78 bits per heavy atom. The third kappa shape index (κ3) is 1.25. The molecule has 0 aromatic heterocycles. The summed E-state index contributed by atoms with van der Waals surface area (Å²) in [7, 11) is 0. The fourth-order valence-corrected chi connectivity index (χ4v) is 0.983. The van der Waals surface area contributed by atoms with Crippen molar-refractivity contribution in [2.75, 3.05) is 6.61 Å². The van der Waals surface area contributed by atoms with Crippen LogP contribution in [0.3, 0.4) is 0 Å². The van der Waals surface area contributed by atoms with Crippen molar-refractivity contribution in [2.24, 2.45) is 5.73 Å². The number of nitrogens with two attached hydrogens (primary N) is 1. The lowest BCUT2D eigenvalue weighted by Crippen LogP contribution is -2.53. The summed E-state index contributed by atoms with van der Waals surface area (Å²) >= 11 is 0. The summed E-state index contributed by atoms with van der Waals surface area (Å²) in [6.45, 7) is 5.05. The van der Waals surface area contributed by atoms with E-state index in [1.807, 2.05) is 0 Å². The predicted molar refractivity (Wildman–Crippen MR) is 37.2 cm³/mol. The Balaban J connectivity index is 2.37. The van der Waals surface area contributed by atoms with Gasteiger partial charge in [0.25, 0.3) is 0 Å². The second-order valence-electron chi connectivity index (χ2n) is 3.01. The molecular weight excluding hydrogens is 114 g/mol. The van der Waals surface area contributed by atoms with Gasteiger partial charge in [-0.3, -0.25) is 0 Å². The van der Waals surface area contributed by atoms with Crippen molar-refractivity contribution in [3.05, 3.63) is 0 Å². The Morgan fingerprint density at radius 3 is 2.44 bits per heavy atom. The van der Waals surface area contributed by atoms with Gasteiger partial charge in [0.15, 0.2) is 0 Å². The minimum Gasteiger partial charge on any atom is -0.376 e. The normalized spacial score (nSPS) is 33.0. The highest BCUT2D eigenvalue weighted by Crippen LogP contribution is 2.24. The van der Waals surface area contributed by atoms with Gasteiger partial charge >= 0.3 is 0 Å². The molecule has 2 N–H and O–H groups in total. The van der Waals surface area contributed by atoms with E-state index in [-0.39, 0.29) is 5.54 Å². The van der Waals surface area contributed by atoms with Crippen molar-refractivity contribution in [2.45, 2.75) is 38.3 Å². The molecule has 2 heteroatoms. The van der Waals surface area contributed by atoms with Gasteiger partial charge in [-0.15, -0.1) is 0 Å². The standard InChI is InChI=1S/C7H15NO/c1-3-7(2,8)6-4-5-9-6/h6H,3-5,8H2,1-2H3. The van der Waals surface area contributed by atoms with Crippen molar-refractivity contribution in [1.82, 2.24) is 0 Å². The topological polar surface area (TPSA) is 35.2 Å². The molecule has 0 amide bonds. The van der Waals surface area contributed by atoms with Crippen LogP contribution in [0.4, 0.5) is 0 Å². The Bertz CT molecular complexity index is 97.1. The summed E-state index contributed by atoms with van der Waals surface area (Å²) in [6, 6.07) is 0. The van der Waals surface area contributed by atoms with E-state index >= 15 is 0 Å². The molecule has 0 saturated carbocycles. The van der Waals surface area contributed by atoms with Gasteiger partial charge in [0.2, 0.25) is 0 Å². The van der Waals surface area contributed by atoms with Crippen LogP contribution in [0.15, 0.2) is 0 Å². The van der Waals surface area contributed by atoms with Crippen LogP contribution in [0.2, 0.25) is 0 Å². The lowest BCUT2D eigenvalue weighted by atomic mass is 9.88. The van der Waals surface area contributed by atoms with Crippen molar-refractivity contribution in [3.63, 3.8) is 0 Å². The van der Waals surface area contributed by atoms with E-state index in [1.54, 1.807) is 0 Å². The molecule has 9 heavy (non-hydrogen) atoms. The summed E-state index contributed by atoms with van der Waals surface area (Å²) in [5, 5.41) is 0. The molecule has 2 atom stereocenters. The Hall–Kier alpha value is -0.0800. The van der Waals surface area contributed by atoms with Crippen LogP contribution in [0, 0.1) is 0 Å². The van der Waals surface area contributed by atoms with E-state index in [0.717, 1.165) is 19.4 Å². The first-order valence-corrected chi connectivity index (χ1v) is 3.57. The van der Waals surface area contributed by atoms with E-state index < -0.39 is 0 Å². The van der Waals surface area contributed by atoms with E-state index in [4.69, 9.17) is 10.5 Å². The lowest BCUT2D eigenvalue weighted by molar-refractivity contribution is -0.0910. The Morgan fingerprint density at radius 2 is 2.33 bits per heavy atom. The maximum absolute atomic E-state index is 5.90. The molecule has 0 bridgehead atoms. The molecule has 1 aliphatic heterocycles. The highest BCUT2D eigenvalue weighted by Gasteiger charge is 2.33. The molecule has 1 saturated heterocycles. The minimum atomic E-state index is -0.0851. The Labute approximate surface area is 56.4 Å². The average Bonchev–Trinajstić information content (AvgIpc) is 1.60. The quantitative estimate of drug-likeness (QED) is 0.601. The molecule has 1 aliphatic rings. The van der Waals surface area contributed by atoms with Crippen molar-refractivity contribution < 1.29 is 4.74 Å². The van der Waals surface area contributed by atoms with Crippen LogP contribution >= 0.6 is 0 Å². The second-order valence-corrected chi connectivity index (χ2v) is 3.01. The van der Waals surface area contributed by atoms with Crippen LogP contribution in [-0.2, 0) is 4.74 Å². The summed E-state index contributed by atoms with van der Waals surface area (Å²) in [5.41, 5.74) is 5.81. The molecule has 0 radical (unpaired) electrons. The van der Waals surface area contributed by atoms with Gasteiger partial charge in [-0.2, -0.15) is 0 Å². The van der Waals surface area contributed by atoms with Crippen molar-refractivity contribution in [3.8, 4) is 0 Å². The fourth-order valence-electron chi connectivity index (χ4n) is 0.983. The largest absolute Gasteiger partial charge is 0.376 e. The number of hydrogen-bond donors (Lipinski definition) is 1. The summed E-state index contributed by atoms with van der Waals surface area (Å²) in [4.78, 5) is 0. The molecule has 0 spiro atoms. The van der Waals surface area contributed by atoms with Crippen molar-refractivity contribution in [1.29, 1.82) is 0 Å². The zero-order valence-corrected chi connectivity index (χ0v) is 6.18. The molecule has 1 fully saturated rings. The molecule has 0 aromatic carbocycles. The van der Waals surface area contributed by atoms with Gasteiger partial charge in [-0.25, -0.2) is 0 Å². The first kappa shape index (κ1) is 7.03. The van der Waals surface area contributed by atoms with Gasteiger partial charge in [-0.1, -0.05) is 6.92 Å². The average molecular weight is 129 g/mol. The molecular formula is C7H15NO. The maximum atomic E-state index is 5.90. The highest BCUT2D eigenvalue weighted by molar-refractivity contribution is 4.90. The first-order chi connectivity index (χ1) is 4.17. The highest BCUT2D eigenvalue weighted by atomic mass is 16.5. The van der Waals surface area contributed by atoms with Crippen LogP contribution in [0.1, 0.15) is 26.7 Å². The third-order valence-corrected chi connectivity index (χ3v) is 2.20. The van der Waals surface area contributed by atoms with Gasteiger partial charge in [0.05, 0.1) is 6.10 Å². The van der Waals surface area contributed by atoms with Crippen LogP contribution in [-0.4, -0.2) is 18.2 Å². The molecule has 2 unspecified atom stereocenters. The first-order valence-electron chi connectivity index (χ1n) is 3.57. The lowest BCUT2D eigenvalue weighted by Gasteiger charge is -2.39. The monoisotopic (exact) mass is 129 g/mol. The summed E-state index contributed by atoms with van der Waals surface area (Å²) < 4.78 is 5.26. The van der Waals surface area contributed by atoms with Crippen LogP contribution < -0.4 is 5.73 Å². The van der Waals surface area contributed by atoms with Crippen molar-refractivity contribution >= 4 is 0 Å². The second kappa shape index (κ2) is 2.27. The fraction of sp³-hybridized carbons (Fsp3) is 1.00. The SMILES string of the molecule is CCC(C)(N)C1CCO1. The zero-order chi connectivity index (χ0) is 6.91. The van der Waals surface area contributed by atoms with Gasteiger partial charge in [0, 0.05) is 12.1 Å². The summed E-state index contributed by atoms with van der Waals surface area (Å²) in [6.07, 6.45) is 2.46. The number of rotatable bonds is 2. The van der Waals surface area contributed by atoms with E-state index in [1.165, 1.54) is 0 Å². The Kier molecular flexibility index (Phi) is 1.78. The van der Waals surface area contributed by atoms with Crippen LogP contribution in [0.25, 0.3) is 0 Å². The molecule has 1 rings (SSSR count). The third-order valence-electron chi connectivity index (χ3n) is 2.20. The molecule has 54 valence electrons. The zero-order valence-electron chi connectivity index (χ0n) is 6.18. The van der Waals surface area contributed by atoms with E-state index in [2.05, 4.69) is 13.8 Å². The molecule has 2 nitrogen and oxygen atoms in total. The number of ether oxygens (including phenoxy) is 1. The smallest absolute Gasteiger partial charge is 0.0773 e. The van der Waals surface area contributed by atoms with E-state index in [9.17, 15) is 0 Å². The van der Waals surface area contributed by atoms with Gasteiger partial charge < -0.3 is 10.5 Å². The van der Waals surface area contributed by atoms with Crippen LogP contribution in [0.5, 0.6) is 0 Å². The predicted octanol–water partition coefficient (Wildman–Crippen LogP) is 0.903. The maximum Gasteiger partial charge on any atom is 0.0773 e. The molecule has 0 aliphatic carbocycles. The van der Waals surface area contributed by atoms with Gasteiger partial charge in [0.1, 0.15) is 0 Å². The van der Waals surface area contributed by atoms with Gasteiger partial charge in [-0.05, 0) is 19.8 Å². The molecule has 0 aromatic rings. The summed E-state index contributed by atoms with van der Waals surface area (Å²) in [5.74, 6) is 0. The minimum absolute atomic E-state index is 0.0851.